The lowest BCUT2D eigenvalue weighted by atomic mass is 10.2. The molecular formula is C14H8FN3S. The van der Waals surface area contributed by atoms with Gasteiger partial charge in [-0.05, 0) is 42.5 Å². The van der Waals surface area contributed by atoms with Crippen LogP contribution >= 0.6 is 12.2 Å². The van der Waals surface area contributed by atoms with Crippen LogP contribution in [-0.2, 0) is 0 Å². The molecule has 0 fully saturated rings. The Morgan fingerprint density at radius 3 is 2.74 bits per heavy atom. The van der Waals surface area contributed by atoms with Gasteiger partial charge in [-0.3, -0.25) is 4.57 Å². The maximum absolute atomic E-state index is 13.3. The molecule has 0 aliphatic heterocycles. The van der Waals surface area contributed by atoms with E-state index < -0.39 is 0 Å². The van der Waals surface area contributed by atoms with Gasteiger partial charge in [0.25, 0.3) is 0 Å². The van der Waals surface area contributed by atoms with Gasteiger partial charge < -0.3 is 4.98 Å². The highest BCUT2D eigenvalue weighted by molar-refractivity contribution is 7.71. The summed E-state index contributed by atoms with van der Waals surface area (Å²) in [6, 6.07) is 13.6. The lowest BCUT2D eigenvalue weighted by molar-refractivity contribution is 0.626. The van der Waals surface area contributed by atoms with Crippen LogP contribution in [0.1, 0.15) is 5.56 Å². The number of benzene rings is 2. The minimum atomic E-state index is -0.329. The first-order chi connectivity index (χ1) is 9.20. The van der Waals surface area contributed by atoms with Crippen LogP contribution in [0.25, 0.3) is 16.7 Å². The standard InChI is InChI=1S/C14H8FN3S/c15-10-4-2-5-11(7-10)18-12-6-1-3-9(8-16)13(12)17-14(18)19/h1-7H,(H,17,19). The summed E-state index contributed by atoms with van der Waals surface area (Å²) in [6.45, 7) is 0. The van der Waals surface area contributed by atoms with Gasteiger partial charge in [-0.15, -0.1) is 0 Å². The number of H-pyrrole nitrogens is 1. The summed E-state index contributed by atoms with van der Waals surface area (Å²) >= 11 is 5.26. The summed E-state index contributed by atoms with van der Waals surface area (Å²) < 4.78 is 15.5. The smallest absolute Gasteiger partial charge is 0.182 e. The minimum absolute atomic E-state index is 0.329. The summed E-state index contributed by atoms with van der Waals surface area (Å²) in [5.41, 5.74) is 2.57. The molecule has 0 saturated heterocycles. The fourth-order valence-corrected chi connectivity index (χ4v) is 2.40. The van der Waals surface area contributed by atoms with Crippen LogP contribution in [0, 0.1) is 21.9 Å². The molecule has 0 aliphatic rings. The SMILES string of the molecule is N#Cc1cccc2c1[nH]c(=S)n2-c1cccc(F)c1. The number of rotatable bonds is 1. The Labute approximate surface area is 113 Å². The third kappa shape index (κ3) is 1.83. The van der Waals surface area contributed by atoms with Gasteiger partial charge in [0.1, 0.15) is 11.9 Å². The molecule has 0 spiro atoms. The van der Waals surface area contributed by atoms with E-state index in [2.05, 4.69) is 11.1 Å². The average Bonchev–Trinajstić information content (AvgIpc) is 2.74. The molecule has 5 heteroatoms. The van der Waals surface area contributed by atoms with Crippen molar-refractivity contribution in [2.75, 3.05) is 0 Å². The molecule has 19 heavy (non-hydrogen) atoms. The first-order valence-corrected chi connectivity index (χ1v) is 6.01. The van der Waals surface area contributed by atoms with Gasteiger partial charge >= 0.3 is 0 Å². The van der Waals surface area contributed by atoms with Crippen molar-refractivity contribution in [2.24, 2.45) is 0 Å². The molecular weight excluding hydrogens is 261 g/mol. The van der Waals surface area contributed by atoms with Gasteiger partial charge in [0.2, 0.25) is 0 Å². The molecule has 3 aromatic rings. The number of nitriles is 1. The molecule has 92 valence electrons. The fraction of sp³-hybridized carbons (Fsp3) is 0. The number of halogens is 1. The third-order valence-corrected chi connectivity index (χ3v) is 3.19. The third-order valence-electron chi connectivity index (χ3n) is 2.91. The average molecular weight is 269 g/mol. The zero-order valence-electron chi connectivity index (χ0n) is 9.72. The van der Waals surface area contributed by atoms with E-state index >= 15 is 0 Å². The van der Waals surface area contributed by atoms with Crippen LogP contribution in [-0.4, -0.2) is 9.55 Å². The molecule has 1 heterocycles. The normalized spacial score (nSPS) is 10.5. The zero-order valence-corrected chi connectivity index (χ0v) is 10.5. The summed E-state index contributed by atoms with van der Waals surface area (Å²) in [4.78, 5) is 3.00. The largest absolute Gasteiger partial charge is 0.329 e. The van der Waals surface area contributed by atoms with Crippen molar-refractivity contribution in [3.05, 3.63) is 58.6 Å². The van der Waals surface area contributed by atoms with Gasteiger partial charge in [-0.2, -0.15) is 5.26 Å². The summed E-state index contributed by atoms with van der Waals surface area (Å²) in [5, 5.41) is 9.08. The van der Waals surface area contributed by atoms with Crippen LogP contribution in [0.2, 0.25) is 0 Å². The van der Waals surface area contributed by atoms with E-state index in [1.807, 2.05) is 6.07 Å². The Balaban J connectivity index is 2.40. The Hall–Kier alpha value is -2.45. The Morgan fingerprint density at radius 1 is 1.21 bits per heavy atom. The predicted octanol–water partition coefficient (Wildman–Crippen LogP) is 3.70. The molecule has 3 nitrogen and oxygen atoms in total. The molecule has 0 amide bonds. The van der Waals surface area contributed by atoms with Crippen molar-refractivity contribution in [2.45, 2.75) is 0 Å². The highest BCUT2D eigenvalue weighted by atomic mass is 32.1. The van der Waals surface area contributed by atoms with E-state index in [-0.39, 0.29) is 5.82 Å². The Bertz CT molecular complexity index is 870. The molecule has 0 unspecified atom stereocenters. The summed E-state index contributed by atoms with van der Waals surface area (Å²) in [6.07, 6.45) is 0. The predicted molar refractivity (Wildman–Crippen MR) is 73.1 cm³/mol. The van der Waals surface area contributed by atoms with Crippen LogP contribution in [0.5, 0.6) is 0 Å². The number of hydrogen-bond donors (Lipinski definition) is 1. The number of fused-ring (bicyclic) bond motifs is 1. The quantitative estimate of drug-likeness (QED) is 0.685. The molecule has 0 aliphatic carbocycles. The number of aromatic amines is 1. The van der Waals surface area contributed by atoms with E-state index in [4.69, 9.17) is 17.5 Å². The van der Waals surface area contributed by atoms with Crippen molar-refractivity contribution in [3.63, 3.8) is 0 Å². The van der Waals surface area contributed by atoms with Crippen molar-refractivity contribution >= 4 is 23.3 Å². The van der Waals surface area contributed by atoms with Gasteiger partial charge in [0.15, 0.2) is 4.77 Å². The van der Waals surface area contributed by atoms with Crippen molar-refractivity contribution in [1.29, 1.82) is 5.26 Å². The lowest BCUT2D eigenvalue weighted by Crippen LogP contribution is -1.94. The molecule has 0 radical (unpaired) electrons. The molecule has 0 saturated carbocycles. The molecule has 3 rings (SSSR count). The first-order valence-electron chi connectivity index (χ1n) is 5.60. The number of imidazole rings is 1. The fourth-order valence-electron chi connectivity index (χ4n) is 2.09. The number of nitrogens with one attached hydrogen (secondary N) is 1. The highest BCUT2D eigenvalue weighted by Gasteiger charge is 2.09. The second-order valence-corrected chi connectivity index (χ2v) is 4.44. The Kier molecular flexibility index (Phi) is 2.65. The summed E-state index contributed by atoms with van der Waals surface area (Å²) in [7, 11) is 0. The maximum atomic E-state index is 13.3. The summed E-state index contributed by atoms with van der Waals surface area (Å²) in [5.74, 6) is -0.329. The van der Waals surface area contributed by atoms with Crippen LogP contribution in [0.15, 0.2) is 42.5 Å². The van der Waals surface area contributed by atoms with Crippen LogP contribution < -0.4 is 0 Å². The molecule has 0 atom stereocenters. The molecule has 1 N–H and O–H groups in total. The van der Waals surface area contributed by atoms with Gasteiger partial charge in [0, 0.05) is 0 Å². The van der Waals surface area contributed by atoms with Gasteiger partial charge in [-0.1, -0.05) is 12.1 Å². The van der Waals surface area contributed by atoms with Crippen LogP contribution in [0.4, 0.5) is 4.39 Å². The molecule has 1 aromatic heterocycles. The van der Waals surface area contributed by atoms with E-state index in [0.717, 1.165) is 5.52 Å². The molecule has 2 aromatic carbocycles. The zero-order chi connectivity index (χ0) is 13.4. The van der Waals surface area contributed by atoms with E-state index in [1.54, 1.807) is 28.8 Å². The second-order valence-electron chi connectivity index (χ2n) is 4.06. The van der Waals surface area contributed by atoms with Crippen molar-refractivity contribution < 1.29 is 4.39 Å². The van der Waals surface area contributed by atoms with E-state index in [1.165, 1.54) is 12.1 Å². The second kappa shape index (κ2) is 4.34. The van der Waals surface area contributed by atoms with Crippen LogP contribution in [0.3, 0.4) is 0 Å². The van der Waals surface area contributed by atoms with Gasteiger partial charge in [0.05, 0.1) is 22.3 Å². The van der Waals surface area contributed by atoms with Gasteiger partial charge in [-0.25, -0.2) is 4.39 Å². The van der Waals surface area contributed by atoms with Crippen molar-refractivity contribution in [3.8, 4) is 11.8 Å². The van der Waals surface area contributed by atoms with E-state index in [0.29, 0.717) is 21.5 Å². The number of aromatic nitrogens is 2. The lowest BCUT2D eigenvalue weighted by Gasteiger charge is -2.04. The monoisotopic (exact) mass is 269 g/mol. The number of hydrogen-bond acceptors (Lipinski definition) is 2. The molecule has 0 bridgehead atoms. The number of nitrogens with zero attached hydrogens (tertiary/aromatic N) is 2. The Morgan fingerprint density at radius 2 is 2.00 bits per heavy atom. The first kappa shape index (κ1) is 11.6. The minimum Gasteiger partial charge on any atom is -0.329 e. The maximum Gasteiger partial charge on any atom is 0.182 e. The topological polar surface area (TPSA) is 44.5 Å². The highest BCUT2D eigenvalue weighted by Crippen LogP contribution is 2.22. The van der Waals surface area contributed by atoms with Crippen molar-refractivity contribution in [1.82, 2.24) is 9.55 Å². The number of para-hydroxylation sites is 1. The van der Waals surface area contributed by atoms with E-state index in [9.17, 15) is 4.39 Å².